The van der Waals surface area contributed by atoms with Gasteiger partial charge in [0.1, 0.15) is 0 Å². The fourth-order valence-electron chi connectivity index (χ4n) is 1.98. The Labute approximate surface area is 114 Å². The first-order chi connectivity index (χ1) is 9.05. The Balaban J connectivity index is 2.81. The van der Waals surface area contributed by atoms with Crippen LogP contribution in [-0.2, 0) is 16.6 Å². The highest BCUT2D eigenvalue weighted by atomic mass is 32.2. The van der Waals surface area contributed by atoms with Crippen molar-refractivity contribution >= 4 is 10.0 Å². The molecule has 1 atom stereocenters. The first-order valence-electron chi connectivity index (χ1n) is 6.70. The minimum Gasteiger partial charge on any atom is -0.392 e. The molecule has 1 aromatic heterocycles. The number of sulfonamides is 1. The summed E-state index contributed by atoms with van der Waals surface area (Å²) >= 11 is 0. The average molecular weight is 289 g/mol. The molecule has 0 aliphatic rings. The minimum absolute atomic E-state index is 0.0346. The molecule has 110 valence electrons. The Hall–Kier alpha value is -0.920. The second-order valence-electron chi connectivity index (χ2n) is 4.63. The van der Waals surface area contributed by atoms with Gasteiger partial charge in [-0.25, -0.2) is 13.1 Å². The zero-order valence-electron chi connectivity index (χ0n) is 11.5. The molecule has 0 fully saturated rings. The van der Waals surface area contributed by atoms with E-state index in [-0.39, 0.29) is 17.7 Å². The molecule has 0 aliphatic heterocycles. The summed E-state index contributed by atoms with van der Waals surface area (Å²) < 4.78 is 27.2. The van der Waals surface area contributed by atoms with Crippen LogP contribution in [-0.4, -0.2) is 29.8 Å². The molecular formula is C12H23N3O3S. The Bertz CT molecular complexity index is 470. The molecule has 0 amide bonds. The van der Waals surface area contributed by atoms with Crippen LogP contribution in [0.15, 0.2) is 11.2 Å². The van der Waals surface area contributed by atoms with Crippen molar-refractivity contribution in [2.45, 2.75) is 63.6 Å². The van der Waals surface area contributed by atoms with Crippen molar-refractivity contribution in [3.63, 3.8) is 0 Å². The highest BCUT2D eigenvalue weighted by molar-refractivity contribution is 7.89. The van der Waals surface area contributed by atoms with Crippen LogP contribution < -0.4 is 4.72 Å². The van der Waals surface area contributed by atoms with Crippen LogP contribution in [0.25, 0.3) is 0 Å². The number of nitrogens with one attached hydrogen (secondary N) is 2. The van der Waals surface area contributed by atoms with Crippen LogP contribution in [0, 0.1) is 0 Å². The summed E-state index contributed by atoms with van der Waals surface area (Å²) in [7, 11) is -3.64. The van der Waals surface area contributed by atoms with E-state index in [1.54, 1.807) is 0 Å². The zero-order valence-corrected chi connectivity index (χ0v) is 12.3. The van der Waals surface area contributed by atoms with E-state index in [1.807, 2.05) is 6.92 Å². The fourth-order valence-corrected chi connectivity index (χ4v) is 3.41. The predicted octanol–water partition coefficient (Wildman–Crippen LogP) is 1.54. The van der Waals surface area contributed by atoms with Crippen LogP contribution >= 0.6 is 0 Å². The highest BCUT2D eigenvalue weighted by Crippen LogP contribution is 2.15. The van der Waals surface area contributed by atoms with Crippen LogP contribution in [0.5, 0.6) is 0 Å². The van der Waals surface area contributed by atoms with Gasteiger partial charge in [-0.15, -0.1) is 0 Å². The van der Waals surface area contributed by atoms with Gasteiger partial charge < -0.3 is 5.11 Å². The van der Waals surface area contributed by atoms with Crippen molar-refractivity contribution in [1.29, 1.82) is 0 Å². The molecule has 7 heteroatoms. The SMILES string of the molecule is CCCCC(CCC)NS(=O)(=O)c1[nH]ncc1CO. The summed E-state index contributed by atoms with van der Waals surface area (Å²) in [5.74, 6) is 0. The molecule has 0 bridgehead atoms. The first-order valence-corrected chi connectivity index (χ1v) is 8.18. The number of aliphatic hydroxyl groups excluding tert-OH is 1. The maximum Gasteiger partial charge on any atom is 0.258 e. The lowest BCUT2D eigenvalue weighted by atomic mass is 10.1. The van der Waals surface area contributed by atoms with Gasteiger partial charge in [-0.2, -0.15) is 5.10 Å². The normalized spacial score (nSPS) is 13.6. The van der Waals surface area contributed by atoms with Crippen LogP contribution in [0.3, 0.4) is 0 Å². The second kappa shape index (κ2) is 7.62. The lowest BCUT2D eigenvalue weighted by molar-refractivity contribution is 0.278. The van der Waals surface area contributed by atoms with Crippen molar-refractivity contribution in [2.24, 2.45) is 0 Å². The van der Waals surface area contributed by atoms with Crippen molar-refractivity contribution in [3.8, 4) is 0 Å². The van der Waals surface area contributed by atoms with Gasteiger partial charge in [0.2, 0.25) is 0 Å². The van der Waals surface area contributed by atoms with Gasteiger partial charge in [-0.3, -0.25) is 5.10 Å². The molecular weight excluding hydrogens is 266 g/mol. The van der Waals surface area contributed by atoms with E-state index in [2.05, 4.69) is 21.8 Å². The predicted molar refractivity (Wildman–Crippen MR) is 73.1 cm³/mol. The van der Waals surface area contributed by atoms with Crippen molar-refractivity contribution in [2.75, 3.05) is 0 Å². The van der Waals surface area contributed by atoms with Crippen LogP contribution in [0.4, 0.5) is 0 Å². The molecule has 0 aliphatic carbocycles. The average Bonchev–Trinajstić information content (AvgIpc) is 2.85. The third-order valence-electron chi connectivity index (χ3n) is 2.98. The second-order valence-corrected chi connectivity index (χ2v) is 6.28. The number of aromatic nitrogens is 2. The summed E-state index contributed by atoms with van der Waals surface area (Å²) in [4.78, 5) is 0. The molecule has 19 heavy (non-hydrogen) atoms. The molecule has 1 unspecified atom stereocenters. The molecule has 0 spiro atoms. The zero-order chi connectivity index (χ0) is 14.3. The monoisotopic (exact) mass is 289 g/mol. The van der Waals surface area contributed by atoms with Gasteiger partial charge in [0.15, 0.2) is 5.03 Å². The topological polar surface area (TPSA) is 95.1 Å². The van der Waals surface area contributed by atoms with Crippen LogP contribution in [0.2, 0.25) is 0 Å². The number of unbranched alkanes of at least 4 members (excludes halogenated alkanes) is 1. The maximum atomic E-state index is 12.2. The molecule has 6 nitrogen and oxygen atoms in total. The van der Waals surface area contributed by atoms with E-state index in [0.717, 1.165) is 32.1 Å². The smallest absolute Gasteiger partial charge is 0.258 e. The summed E-state index contributed by atoms with van der Waals surface area (Å²) in [6.07, 6.45) is 5.91. The van der Waals surface area contributed by atoms with Crippen molar-refractivity contribution in [1.82, 2.24) is 14.9 Å². The number of H-pyrrole nitrogens is 1. The van der Waals surface area contributed by atoms with Gasteiger partial charge in [0, 0.05) is 11.6 Å². The van der Waals surface area contributed by atoms with E-state index in [0.29, 0.717) is 5.56 Å². The number of rotatable bonds is 9. The van der Waals surface area contributed by atoms with Crippen molar-refractivity contribution < 1.29 is 13.5 Å². The summed E-state index contributed by atoms with van der Waals surface area (Å²) in [5, 5.41) is 15.2. The van der Waals surface area contributed by atoms with E-state index >= 15 is 0 Å². The largest absolute Gasteiger partial charge is 0.392 e. The Morgan fingerprint density at radius 2 is 2.11 bits per heavy atom. The maximum absolute atomic E-state index is 12.2. The van der Waals surface area contributed by atoms with Crippen molar-refractivity contribution in [3.05, 3.63) is 11.8 Å². The number of hydrogen-bond acceptors (Lipinski definition) is 4. The van der Waals surface area contributed by atoms with E-state index in [1.165, 1.54) is 6.20 Å². The Kier molecular flexibility index (Phi) is 6.47. The summed E-state index contributed by atoms with van der Waals surface area (Å²) in [6, 6.07) is -0.0650. The van der Waals surface area contributed by atoms with E-state index < -0.39 is 10.0 Å². The minimum atomic E-state index is -3.64. The molecule has 0 radical (unpaired) electrons. The number of nitrogens with zero attached hydrogens (tertiary/aromatic N) is 1. The van der Waals surface area contributed by atoms with E-state index in [9.17, 15) is 8.42 Å². The summed E-state index contributed by atoms with van der Waals surface area (Å²) in [6.45, 7) is 3.76. The number of hydrogen-bond donors (Lipinski definition) is 3. The quantitative estimate of drug-likeness (QED) is 0.642. The molecule has 0 saturated carbocycles. The van der Waals surface area contributed by atoms with E-state index in [4.69, 9.17) is 5.11 Å². The molecule has 3 N–H and O–H groups in total. The Morgan fingerprint density at radius 3 is 2.68 bits per heavy atom. The third-order valence-corrected chi connectivity index (χ3v) is 4.52. The fraction of sp³-hybridized carbons (Fsp3) is 0.750. The molecule has 1 heterocycles. The Morgan fingerprint density at radius 1 is 1.37 bits per heavy atom. The molecule has 1 rings (SSSR count). The van der Waals surface area contributed by atoms with Gasteiger partial charge in [0.05, 0.1) is 12.8 Å². The first kappa shape index (κ1) is 16.1. The molecule has 0 saturated heterocycles. The molecule has 0 aromatic carbocycles. The third kappa shape index (κ3) is 4.59. The lowest BCUT2D eigenvalue weighted by Gasteiger charge is -2.17. The number of aromatic amines is 1. The molecule has 1 aromatic rings. The standard InChI is InChI=1S/C12H23N3O3S/c1-3-5-7-11(6-4-2)15-19(17,18)12-10(9-16)8-13-14-12/h8,11,15-16H,3-7,9H2,1-2H3,(H,13,14). The lowest BCUT2D eigenvalue weighted by Crippen LogP contribution is -2.35. The van der Waals surface area contributed by atoms with Gasteiger partial charge in [0.25, 0.3) is 10.0 Å². The number of aliphatic hydroxyl groups is 1. The highest BCUT2D eigenvalue weighted by Gasteiger charge is 2.23. The van der Waals surface area contributed by atoms with Gasteiger partial charge in [-0.05, 0) is 12.8 Å². The van der Waals surface area contributed by atoms with Gasteiger partial charge in [-0.1, -0.05) is 33.1 Å². The van der Waals surface area contributed by atoms with Gasteiger partial charge >= 0.3 is 0 Å². The van der Waals surface area contributed by atoms with Crippen LogP contribution in [0.1, 0.15) is 51.5 Å². The summed E-state index contributed by atoms with van der Waals surface area (Å²) in [5.41, 5.74) is 0.290.